The molecule has 130 valence electrons. The van der Waals surface area contributed by atoms with Crippen LogP contribution in [0.3, 0.4) is 0 Å². The van der Waals surface area contributed by atoms with Crippen LogP contribution in [0.2, 0.25) is 0 Å². The molecule has 1 aliphatic rings. The number of halogens is 1. The van der Waals surface area contributed by atoms with Crippen LogP contribution in [0.25, 0.3) is 0 Å². The number of piperidine rings is 1. The summed E-state index contributed by atoms with van der Waals surface area (Å²) in [5, 5.41) is 20.9. The topological polar surface area (TPSA) is 79.6 Å². The second-order valence-corrected chi connectivity index (χ2v) is 6.16. The molecule has 1 aromatic carbocycles. The lowest BCUT2D eigenvalue weighted by Gasteiger charge is -2.36. The number of benzene rings is 1. The van der Waals surface area contributed by atoms with Crippen molar-refractivity contribution < 1.29 is 14.3 Å². The van der Waals surface area contributed by atoms with Crippen LogP contribution in [-0.4, -0.2) is 54.9 Å². The summed E-state index contributed by atoms with van der Waals surface area (Å²) in [5.74, 6) is -0.424. The first kappa shape index (κ1) is 18.0. The first-order valence-corrected chi connectivity index (χ1v) is 8.05. The van der Waals surface area contributed by atoms with Crippen molar-refractivity contribution in [1.29, 1.82) is 5.26 Å². The van der Waals surface area contributed by atoms with Gasteiger partial charge in [-0.25, -0.2) is 9.18 Å². The Hall–Kier alpha value is -2.33. The number of aliphatic hydroxyl groups is 1. The van der Waals surface area contributed by atoms with Crippen LogP contribution in [0, 0.1) is 17.1 Å². The van der Waals surface area contributed by atoms with Gasteiger partial charge in [-0.05, 0) is 38.0 Å². The van der Waals surface area contributed by atoms with Crippen molar-refractivity contribution in [1.82, 2.24) is 10.2 Å². The van der Waals surface area contributed by atoms with Gasteiger partial charge in [0.15, 0.2) is 0 Å². The number of urea groups is 1. The third kappa shape index (κ3) is 4.15. The molecule has 1 heterocycles. The quantitative estimate of drug-likeness (QED) is 0.878. The third-order valence-electron chi connectivity index (χ3n) is 4.41. The SMILES string of the molecule is CC(CO)N(C)C(=O)NC1CCCN(c2ccc(C#N)cc2F)C1. The molecule has 2 unspecified atom stereocenters. The monoisotopic (exact) mass is 334 g/mol. The number of carbonyl (C=O) groups is 1. The molecule has 0 spiro atoms. The molecule has 2 N–H and O–H groups in total. The molecule has 1 aliphatic heterocycles. The number of hydrogen-bond donors (Lipinski definition) is 2. The first-order chi connectivity index (χ1) is 11.5. The smallest absolute Gasteiger partial charge is 0.317 e. The summed E-state index contributed by atoms with van der Waals surface area (Å²) >= 11 is 0. The average molecular weight is 334 g/mol. The number of amides is 2. The maximum atomic E-state index is 14.2. The number of hydrogen-bond acceptors (Lipinski definition) is 4. The second-order valence-electron chi connectivity index (χ2n) is 6.16. The van der Waals surface area contributed by atoms with Gasteiger partial charge in [0.1, 0.15) is 5.82 Å². The number of nitrogens with one attached hydrogen (secondary N) is 1. The first-order valence-electron chi connectivity index (χ1n) is 8.05. The van der Waals surface area contributed by atoms with Crippen LogP contribution >= 0.6 is 0 Å². The third-order valence-corrected chi connectivity index (χ3v) is 4.41. The highest BCUT2D eigenvalue weighted by atomic mass is 19.1. The summed E-state index contributed by atoms with van der Waals surface area (Å²) in [7, 11) is 1.64. The molecule has 2 rings (SSSR count). The van der Waals surface area contributed by atoms with Crippen LogP contribution in [0.15, 0.2) is 18.2 Å². The van der Waals surface area contributed by atoms with Crippen molar-refractivity contribution in [2.75, 3.05) is 31.6 Å². The number of nitriles is 1. The minimum atomic E-state index is -0.424. The lowest BCUT2D eigenvalue weighted by atomic mass is 10.0. The Morgan fingerprint density at radius 2 is 2.38 bits per heavy atom. The van der Waals surface area contributed by atoms with E-state index in [1.165, 1.54) is 11.0 Å². The molecule has 2 atom stereocenters. The van der Waals surface area contributed by atoms with Gasteiger partial charge < -0.3 is 20.2 Å². The molecule has 1 aromatic rings. The van der Waals surface area contributed by atoms with E-state index in [9.17, 15) is 9.18 Å². The number of rotatable bonds is 4. The Labute approximate surface area is 141 Å². The second kappa shape index (κ2) is 7.97. The van der Waals surface area contributed by atoms with E-state index in [-0.39, 0.29) is 30.3 Å². The maximum Gasteiger partial charge on any atom is 0.317 e. The van der Waals surface area contributed by atoms with Gasteiger partial charge in [0.25, 0.3) is 0 Å². The van der Waals surface area contributed by atoms with Crippen molar-refractivity contribution in [3.05, 3.63) is 29.6 Å². The van der Waals surface area contributed by atoms with Crippen LogP contribution in [-0.2, 0) is 0 Å². The lowest BCUT2D eigenvalue weighted by Crippen LogP contribution is -2.53. The van der Waals surface area contributed by atoms with Crippen molar-refractivity contribution in [2.45, 2.75) is 31.8 Å². The predicted octanol–water partition coefficient (Wildman–Crippen LogP) is 1.69. The zero-order valence-corrected chi connectivity index (χ0v) is 14.0. The molecule has 0 saturated carbocycles. The van der Waals surface area contributed by atoms with Crippen molar-refractivity contribution >= 4 is 11.7 Å². The molecule has 0 aromatic heterocycles. The molecule has 0 bridgehead atoms. The van der Waals surface area contributed by atoms with Gasteiger partial charge >= 0.3 is 6.03 Å². The van der Waals surface area contributed by atoms with Gasteiger partial charge in [-0.1, -0.05) is 0 Å². The van der Waals surface area contributed by atoms with Crippen LogP contribution in [0.5, 0.6) is 0 Å². The van der Waals surface area contributed by atoms with Gasteiger partial charge in [0, 0.05) is 26.2 Å². The van der Waals surface area contributed by atoms with Crippen LogP contribution < -0.4 is 10.2 Å². The Morgan fingerprint density at radius 3 is 3.00 bits per heavy atom. The maximum absolute atomic E-state index is 14.2. The largest absolute Gasteiger partial charge is 0.394 e. The fourth-order valence-corrected chi connectivity index (χ4v) is 2.75. The number of likely N-dealkylation sites (N-methyl/N-ethyl adjacent to an activating group) is 1. The van der Waals surface area contributed by atoms with Gasteiger partial charge in [-0.15, -0.1) is 0 Å². The van der Waals surface area contributed by atoms with E-state index in [1.807, 2.05) is 11.0 Å². The molecular formula is C17H23FN4O2. The van der Waals surface area contributed by atoms with Gasteiger partial charge in [-0.3, -0.25) is 0 Å². The number of carbonyl (C=O) groups excluding carboxylic acids is 1. The summed E-state index contributed by atoms with van der Waals surface area (Å²) in [6, 6.07) is 5.76. The zero-order valence-electron chi connectivity index (χ0n) is 14.0. The van der Waals surface area contributed by atoms with Crippen molar-refractivity contribution in [3.8, 4) is 6.07 Å². The summed E-state index contributed by atoms with van der Waals surface area (Å²) in [6.45, 7) is 2.88. The molecule has 1 saturated heterocycles. The average Bonchev–Trinajstić information content (AvgIpc) is 2.60. The van der Waals surface area contributed by atoms with E-state index in [0.717, 1.165) is 12.8 Å². The molecular weight excluding hydrogens is 311 g/mol. The van der Waals surface area contributed by atoms with E-state index in [0.29, 0.717) is 18.8 Å². The number of aliphatic hydroxyl groups excluding tert-OH is 1. The Morgan fingerprint density at radius 1 is 1.62 bits per heavy atom. The number of nitrogens with zero attached hydrogens (tertiary/aromatic N) is 3. The minimum absolute atomic E-state index is 0.0883. The van der Waals surface area contributed by atoms with Crippen molar-refractivity contribution in [3.63, 3.8) is 0 Å². The summed E-state index contributed by atoms with van der Waals surface area (Å²) < 4.78 is 14.2. The van der Waals surface area contributed by atoms with Gasteiger partial charge in [0.2, 0.25) is 0 Å². The molecule has 0 aliphatic carbocycles. The molecule has 7 heteroatoms. The number of anilines is 1. The molecule has 0 radical (unpaired) electrons. The summed E-state index contributed by atoms with van der Waals surface area (Å²) in [4.78, 5) is 15.5. The molecule has 2 amide bonds. The highest BCUT2D eigenvalue weighted by Gasteiger charge is 2.25. The van der Waals surface area contributed by atoms with Gasteiger partial charge in [-0.2, -0.15) is 5.26 Å². The van der Waals surface area contributed by atoms with E-state index in [4.69, 9.17) is 10.4 Å². The molecule has 1 fully saturated rings. The zero-order chi connectivity index (χ0) is 17.7. The normalized spacial score (nSPS) is 18.6. The standard InChI is InChI=1S/C17H23FN4O2/c1-12(11-23)21(2)17(24)20-14-4-3-7-22(10-14)16-6-5-13(9-19)8-15(16)18/h5-6,8,12,14,23H,3-4,7,10-11H2,1-2H3,(H,20,24). The molecule has 24 heavy (non-hydrogen) atoms. The highest BCUT2D eigenvalue weighted by molar-refractivity contribution is 5.74. The Kier molecular flexibility index (Phi) is 5.99. The minimum Gasteiger partial charge on any atom is -0.394 e. The van der Waals surface area contributed by atoms with E-state index < -0.39 is 5.82 Å². The van der Waals surface area contributed by atoms with E-state index in [2.05, 4.69) is 5.32 Å². The predicted molar refractivity (Wildman–Crippen MR) is 89.2 cm³/mol. The fraction of sp³-hybridized carbons (Fsp3) is 0.529. The summed E-state index contributed by atoms with van der Waals surface area (Å²) in [5.41, 5.74) is 0.739. The fourth-order valence-electron chi connectivity index (χ4n) is 2.75. The lowest BCUT2D eigenvalue weighted by molar-refractivity contribution is 0.154. The Bertz CT molecular complexity index is 632. The summed E-state index contributed by atoms with van der Waals surface area (Å²) in [6.07, 6.45) is 1.66. The van der Waals surface area contributed by atoms with E-state index >= 15 is 0 Å². The molecule has 6 nitrogen and oxygen atoms in total. The Balaban J connectivity index is 2.02. The van der Waals surface area contributed by atoms with E-state index in [1.54, 1.807) is 26.1 Å². The highest BCUT2D eigenvalue weighted by Crippen LogP contribution is 2.24. The van der Waals surface area contributed by atoms with Crippen LogP contribution in [0.4, 0.5) is 14.9 Å². The van der Waals surface area contributed by atoms with Gasteiger partial charge in [0.05, 0.1) is 30.0 Å². The van der Waals surface area contributed by atoms with Crippen LogP contribution in [0.1, 0.15) is 25.3 Å². The van der Waals surface area contributed by atoms with Crippen molar-refractivity contribution in [2.24, 2.45) is 0 Å².